The zero-order valence-corrected chi connectivity index (χ0v) is 14.7. The zero-order chi connectivity index (χ0) is 15.8. The van der Waals surface area contributed by atoms with Gasteiger partial charge in [-0.1, -0.05) is 34.1 Å². The monoisotopic (exact) mass is 303 g/mol. The molecule has 1 atom stereocenters. The first-order valence-corrected chi connectivity index (χ1v) is 8.66. The van der Waals surface area contributed by atoms with Crippen LogP contribution in [0.2, 0.25) is 0 Å². The fourth-order valence-electron chi connectivity index (χ4n) is 2.02. The molecule has 4 heteroatoms. The van der Waals surface area contributed by atoms with Gasteiger partial charge in [-0.05, 0) is 37.8 Å². The molecule has 0 heterocycles. The van der Waals surface area contributed by atoms with Crippen molar-refractivity contribution in [3.63, 3.8) is 0 Å². The molecule has 21 heavy (non-hydrogen) atoms. The van der Waals surface area contributed by atoms with E-state index in [1.807, 2.05) is 0 Å². The van der Waals surface area contributed by atoms with Crippen LogP contribution in [0.25, 0.3) is 0 Å². The Kier molecular flexibility index (Phi) is 16.1. The van der Waals surface area contributed by atoms with Gasteiger partial charge >= 0.3 is 0 Å². The quantitative estimate of drug-likeness (QED) is 0.445. The van der Waals surface area contributed by atoms with Crippen molar-refractivity contribution in [3.05, 3.63) is 0 Å². The largest absolute Gasteiger partial charge is 0.379 e. The number of nitrogens with one attached hydrogen (secondary N) is 1. The van der Waals surface area contributed by atoms with Gasteiger partial charge in [-0.3, -0.25) is 0 Å². The Labute approximate surface area is 131 Å². The lowest BCUT2D eigenvalue weighted by Crippen LogP contribution is -2.27. The SMILES string of the molecule is CCCCOCCOCCOCCC(CNCC)C(C)C. The molecule has 1 unspecified atom stereocenters. The van der Waals surface area contributed by atoms with E-state index in [9.17, 15) is 0 Å². The van der Waals surface area contributed by atoms with Gasteiger partial charge in [0.15, 0.2) is 0 Å². The van der Waals surface area contributed by atoms with Crippen LogP contribution in [0.1, 0.15) is 47.0 Å². The Hall–Kier alpha value is -0.160. The summed E-state index contributed by atoms with van der Waals surface area (Å²) < 4.78 is 16.5. The van der Waals surface area contributed by atoms with E-state index in [-0.39, 0.29) is 0 Å². The van der Waals surface area contributed by atoms with Crippen LogP contribution in [0.15, 0.2) is 0 Å². The van der Waals surface area contributed by atoms with Crippen molar-refractivity contribution in [1.29, 1.82) is 0 Å². The second kappa shape index (κ2) is 16.2. The summed E-state index contributed by atoms with van der Waals surface area (Å²) in [6, 6.07) is 0. The van der Waals surface area contributed by atoms with E-state index in [4.69, 9.17) is 14.2 Å². The topological polar surface area (TPSA) is 39.7 Å². The van der Waals surface area contributed by atoms with Crippen molar-refractivity contribution in [2.24, 2.45) is 11.8 Å². The minimum absolute atomic E-state index is 0.663. The van der Waals surface area contributed by atoms with Crippen LogP contribution in [-0.2, 0) is 14.2 Å². The van der Waals surface area contributed by atoms with Crippen molar-refractivity contribution >= 4 is 0 Å². The number of hydrogen-bond donors (Lipinski definition) is 1. The van der Waals surface area contributed by atoms with Crippen LogP contribution in [0.4, 0.5) is 0 Å². The molecule has 0 aromatic heterocycles. The predicted octanol–water partition coefficient (Wildman–Crippen LogP) is 3.11. The predicted molar refractivity (Wildman–Crippen MR) is 88.9 cm³/mol. The molecule has 0 rings (SSSR count). The Balaban J connectivity index is 3.29. The van der Waals surface area contributed by atoms with Gasteiger partial charge in [-0.15, -0.1) is 0 Å². The first-order chi connectivity index (χ1) is 10.2. The molecular weight excluding hydrogens is 266 g/mol. The molecule has 0 aromatic rings. The average molecular weight is 303 g/mol. The molecule has 0 saturated carbocycles. The van der Waals surface area contributed by atoms with Gasteiger partial charge < -0.3 is 19.5 Å². The van der Waals surface area contributed by atoms with Gasteiger partial charge in [0.05, 0.1) is 26.4 Å². The summed E-state index contributed by atoms with van der Waals surface area (Å²) in [7, 11) is 0. The van der Waals surface area contributed by atoms with Gasteiger partial charge in [0.25, 0.3) is 0 Å². The molecule has 0 aromatic carbocycles. The highest BCUT2D eigenvalue weighted by molar-refractivity contribution is 4.65. The second-order valence-electron chi connectivity index (χ2n) is 5.79. The molecule has 0 bridgehead atoms. The highest BCUT2D eigenvalue weighted by Crippen LogP contribution is 2.14. The Morgan fingerprint density at radius 3 is 1.90 bits per heavy atom. The lowest BCUT2D eigenvalue weighted by molar-refractivity contribution is 0.0110. The maximum atomic E-state index is 5.65. The van der Waals surface area contributed by atoms with Crippen molar-refractivity contribution < 1.29 is 14.2 Å². The highest BCUT2D eigenvalue weighted by Gasteiger charge is 2.12. The number of rotatable bonds is 16. The molecule has 0 spiro atoms. The number of ether oxygens (including phenoxy) is 3. The van der Waals surface area contributed by atoms with E-state index in [0.717, 1.165) is 39.1 Å². The third-order valence-corrected chi connectivity index (χ3v) is 3.62. The third kappa shape index (κ3) is 14.5. The van der Waals surface area contributed by atoms with Crippen molar-refractivity contribution in [2.75, 3.05) is 52.7 Å². The van der Waals surface area contributed by atoms with Crippen LogP contribution in [0.5, 0.6) is 0 Å². The Bertz CT molecular complexity index is 200. The molecule has 0 fully saturated rings. The zero-order valence-electron chi connectivity index (χ0n) is 14.7. The second-order valence-corrected chi connectivity index (χ2v) is 5.79. The van der Waals surface area contributed by atoms with Crippen LogP contribution in [-0.4, -0.2) is 52.7 Å². The van der Waals surface area contributed by atoms with Crippen LogP contribution in [0, 0.1) is 11.8 Å². The van der Waals surface area contributed by atoms with E-state index in [1.54, 1.807) is 0 Å². The van der Waals surface area contributed by atoms with Crippen LogP contribution < -0.4 is 5.32 Å². The maximum Gasteiger partial charge on any atom is 0.0701 e. The van der Waals surface area contributed by atoms with Crippen molar-refractivity contribution in [2.45, 2.75) is 47.0 Å². The Morgan fingerprint density at radius 2 is 1.38 bits per heavy atom. The summed E-state index contributed by atoms with van der Waals surface area (Å²) in [6.07, 6.45) is 3.43. The fourth-order valence-corrected chi connectivity index (χ4v) is 2.02. The smallest absolute Gasteiger partial charge is 0.0701 e. The lowest BCUT2D eigenvalue weighted by Gasteiger charge is -2.21. The molecule has 0 aliphatic carbocycles. The third-order valence-electron chi connectivity index (χ3n) is 3.62. The average Bonchev–Trinajstić information content (AvgIpc) is 2.47. The number of unbranched alkanes of at least 4 members (excludes halogenated alkanes) is 1. The van der Waals surface area contributed by atoms with Crippen molar-refractivity contribution in [1.82, 2.24) is 5.32 Å². The fraction of sp³-hybridized carbons (Fsp3) is 1.00. The standard InChI is InChI=1S/C17H37NO3/c1-5-7-9-19-11-13-21-14-12-20-10-8-17(16(3)4)15-18-6-2/h16-18H,5-15H2,1-4H3. The van der Waals surface area contributed by atoms with E-state index in [2.05, 4.69) is 33.0 Å². The minimum Gasteiger partial charge on any atom is -0.379 e. The first kappa shape index (κ1) is 20.8. The summed E-state index contributed by atoms with van der Waals surface area (Å²) in [5.41, 5.74) is 0. The van der Waals surface area contributed by atoms with Gasteiger partial charge in [0, 0.05) is 13.2 Å². The van der Waals surface area contributed by atoms with Gasteiger partial charge in [-0.25, -0.2) is 0 Å². The molecule has 0 aliphatic heterocycles. The molecule has 0 amide bonds. The van der Waals surface area contributed by atoms with Crippen molar-refractivity contribution in [3.8, 4) is 0 Å². The highest BCUT2D eigenvalue weighted by atomic mass is 16.5. The van der Waals surface area contributed by atoms with Gasteiger partial charge in [0.2, 0.25) is 0 Å². The maximum absolute atomic E-state index is 5.65. The van der Waals surface area contributed by atoms with E-state index in [1.165, 1.54) is 6.42 Å². The first-order valence-electron chi connectivity index (χ1n) is 8.66. The summed E-state index contributed by atoms with van der Waals surface area (Å²) in [6.45, 7) is 15.4. The Morgan fingerprint density at radius 1 is 0.810 bits per heavy atom. The molecule has 128 valence electrons. The lowest BCUT2D eigenvalue weighted by atomic mass is 9.93. The van der Waals surface area contributed by atoms with Gasteiger partial charge in [-0.2, -0.15) is 0 Å². The molecular formula is C17H37NO3. The molecule has 0 saturated heterocycles. The van der Waals surface area contributed by atoms with Crippen LogP contribution >= 0.6 is 0 Å². The van der Waals surface area contributed by atoms with E-state index in [0.29, 0.717) is 38.3 Å². The molecule has 1 N–H and O–H groups in total. The minimum atomic E-state index is 0.663. The molecule has 0 aliphatic rings. The normalized spacial score (nSPS) is 13.0. The summed E-state index contributed by atoms with van der Waals surface area (Å²) >= 11 is 0. The van der Waals surface area contributed by atoms with E-state index < -0.39 is 0 Å². The van der Waals surface area contributed by atoms with E-state index >= 15 is 0 Å². The number of hydrogen-bond acceptors (Lipinski definition) is 4. The molecule has 0 radical (unpaired) electrons. The summed E-state index contributed by atoms with van der Waals surface area (Å²) in [5, 5.41) is 3.43. The summed E-state index contributed by atoms with van der Waals surface area (Å²) in [5.74, 6) is 1.39. The van der Waals surface area contributed by atoms with Crippen LogP contribution in [0.3, 0.4) is 0 Å². The molecule has 4 nitrogen and oxygen atoms in total. The van der Waals surface area contributed by atoms with Gasteiger partial charge in [0.1, 0.15) is 0 Å². The summed E-state index contributed by atoms with van der Waals surface area (Å²) in [4.78, 5) is 0.